The van der Waals surface area contributed by atoms with Gasteiger partial charge in [-0.1, -0.05) is 36.9 Å². The molecule has 3 aromatic rings. The summed E-state index contributed by atoms with van der Waals surface area (Å²) < 4.78 is 11.3. The molecule has 0 saturated heterocycles. The van der Waals surface area contributed by atoms with Crippen molar-refractivity contribution in [3.05, 3.63) is 54.1 Å². The summed E-state index contributed by atoms with van der Waals surface area (Å²) in [5, 5.41) is 23.0. The van der Waals surface area contributed by atoms with E-state index in [2.05, 4.69) is 20.5 Å². The first-order valence-corrected chi connectivity index (χ1v) is 9.95. The lowest BCUT2D eigenvalue weighted by Gasteiger charge is -2.19. The second kappa shape index (κ2) is 8.36. The number of carbonyl (C=O) groups is 1. The average Bonchev–Trinajstić information content (AvgIpc) is 2.89. The summed E-state index contributed by atoms with van der Waals surface area (Å²) in [6, 6.07) is 14.7. The van der Waals surface area contributed by atoms with Crippen molar-refractivity contribution < 1.29 is 19.4 Å². The highest BCUT2D eigenvalue weighted by Gasteiger charge is 2.25. The molecule has 1 aliphatic rings. The quantitative estimate of drug-likeness (QED) is 0.613. The summed E-state index contributed by atoms with van der Waals surface area (Å²) in [5.74, 6) is 0.379. The summed E-state index contributed by atoms with van der Waals surface area (Å²) in [5.41, 5.74) is 3.09. The van der Waals surface area contributed by atoms with Crippen LogP contribution in [-0.2, 0) is 4.79 Å². The average molecular weight is 409 g/mol. The van der Waals surface area contributed by atoms with E-state index in [9.17, 15) is 9.90 Å². The summed E-state index contributed by atoms with van der Waals surface area (Å²) in [7, 11) is 0. The van der Waals surface area contributed by atoms with E-state index in [4.69, 9.17) is 9.47 Å². The van der Waals surface area contributed by atoms with Crippen LogP contribution < -0.4 is 19.9 Å². The smallest absolute Gasteiger partial charge is 0.247 e. The van der Waals surface area contributed by atoms with Gasteiger partial charge in [0, 0.05) is 16.8 Å². The molecular weight excluding hydrogens is 392 g/mol. The molecule has 1 aromatic heterocycles. The maximum atomic E-state index is 10.5. The third-order valence-corrected chi connectivity index (χ3v) is 4.87. The third-order valence-electron chi connectivity index (χ3n) is 4.15. The minimum atomic E-state index is -1.27. The molecule has 1 unspecified atom stereocenters. The van der Waals surface area contributed by atoms with E-state index in [1.807, 2.05) is 31.2 Å². The van der Waals surface area contributed by atoms with Gasteiger partial charge in [0.2, 0.25) is 11.0 Å². The highest BCUT2D eigenvalue weighted by molar-refractivity contribution is 7.99. The minimum absolute atomic E-state index is 0.399. The van der Waals surface area contributed by atoms with Crippen molar-refractivity contribution in [3.63, 3.8) is 0 Å². The Morgan fingerprint density at radius 3 is 2.76 bits per heavy atom. The molecule has 0 spiro atoms. The van der Waals surface area contributed by atoms with Crippen LogP contribution >= 0.6 is 11.8 Å². The number of rotatable bonds is 6. The Morgan fingerprint density at radius 2 is 2.00 bits per heavy atom. The van der Waals surface area contributed by atoms with Gasteiger partial charge < -0.3 is 24.7 Å². The number of hydrogen-bond acceptors (Lipinski definition) is 9. The SMILES string of the molecule is CCSc1nnc2c(n1)OC(c1ccc(OCC(=O)[O-])cc1)Nc1ccccc1-2. The van der Waals surface area contributed by atoms with Crippen molar-refractivity contribution in [2.75, 3.05) is 17.7 Å². The van der Waals surface area contributed by atoms with Crippen molar-refractivity contribution in [1.82, 2.24) is 15.2 Å². The van der Waals surface area contributed by atoms with Crippen LogP contribution in [0.3, 0.4) is 0 Å². The van der Waals surface area contributed by atoms with Gasteiger partial charge in [-0.3, -0.25) is 0 Å². The summed E-state index contributed by atoms with van der Waals surface area (Å²) in [6.07, 6.45) is -0.524. The molecule has 0 radical (unpaired) electrons. The molecule has 0 amide bonds. The van der Waals surface area contributed by atoms with Gasteiger partial charge in [-0.2, -0.15) is 4.98 Å². The Kier molecular flexibility index (Phi) is 5.48. The van der Waals surface area contributed by atoms with Crippen molar-refractivity contribution in [2.24, 2.45) is 0 Å². The Balaban J connectivity index is 1.67. The van der Waals surface area contributed by atoms with Crippen LogP contribution in [0.4, 0.5) is 5.69 Å². The van der Waals surface area contributed by atoms with Crippen LogP contribution in [-0.4, -0.2) is 33.5 Å². The van der Waals surface area contributed by atoms with Gasteiger partial charge in [0.1, 0.15) is 12.4 Å². The van der Waals surface area contributed by atoms with E-state index in [1.54, 1.807) is 24.3 Å². The second-order valence-corrected chi connectivity index (χ2v) is 7.33. The zero-order valence-electron chi connectivity index (χ0n) is 15.5. The summed E-state index contributed by atoms with van der Waals surface area (Å²) in [4.78, 5) is 15.1. The van der Waals surface area contributed by atoms with Gasteiger partial charge in [-0.15, -0.1) is 10.2 Å². The van der Waals surface area contributed by atoms with Gasteiger partial charge in [-0.05, 0) is 36.1 Å². The van der Waals surface area contributed by atoms with Crippen molar-refractivity contribution in [1.29, 1.82) is 0 Å². The van der Waals surface area contributed by atoms with E-state index in [0.717, 1.165) is 22.6 Å². The Bertz CT molecular complexity index is 1030. The maximum Gasteiger partial charge on any atom is 0.247 e. The molecule has 29 heavy (non-hydrogen) atoms. The molecule has 2 heterocycles. The van der Waals surface area contributed by atoms with E-state index in [-0.39, 0.29) is 0 Å². The van der Waals surface area contributed by atoms with Gasteiger partial charge >= 0.3 is 0 Å². The largest absolute Gasteiger partial charge is 0.546 e. The number of carboxylic acids is 1. The van der Waals surface area contributed by atoms with Crippen LogP contribution in [0.15, 0.2) is 53.7 Å². The molecule has 1 atom stereocenters. The van der Waals surface area contributed by atoms with Crippen molar-refractivity contribution in [2.45, 2.75) is 18.3 Å². The number of thioether (sulfide) groups is 1. The molecule has 0 bridgehead atoms. The summed E-state index contributed by atoms with van der Waals surface area (Å²) in [6.45, 7) is 1.52. The zero-order valence-corrected chi connectivity index (χ0v) is 16.3. The number of benzene rings is 2. The van der Waals surface area contributed by atoms with Gasteiger partial charge in [-0.25, -0.2) is 0 Å². The number of aliphatic carboxylic acids is 1. The Morgan fingerprint density at radius 1 is 1.21 bits per heavy atom. The number of aromatic nitrogens is 3. The number of nitrogens with zero attached hydrogens (tertiary/aromatic N) is 3. The topological polar surface area (TPSA) is 109 Å². The fourth-order valence-corrected chi connectivity index (χ4v) is 3.37. The lowest BCUT2D eigenvalue weighted by Crippen LogP contribution is -2.28. The number of anilines is 1. The van der Waals surface area contributed by atoms with E-state index in [1.165, 1.54) is 11.8 Å². The molecule has 9 heteroatoms. The number of ether oxygens (including phenoxy) is 2. The van der Waals surface area contributed by atoms with Crippen molar-refractivity contribution >= 4 is 23.4 Å². The third kappa shape index (κ3) is 4.24. The number of para-hydroxylation sites is 1. The Hall–Kier alpha value is -3.33. The predicted octanol–water partition coefficient (Wildman–Crippen LogP) is 2.28. The lowest BCUT2D eigenvalue weighted by atomic mass is 10.1. The van der Waals surface area contributed by atoms with E-state index < -0.39 is 18.8 Å². The number of hydrogen-bond donors (Lipinski definition) is 1. The molecular formula is C20H17N4O4S-. The first kappa shape index (κ1) is 19.0. The molecule has 2 aromatic carbocycles. The van der Waals surface area contributed by atoms with Crippen LogP contribution in [0.25, 0.3) is 11.3 Å². The lowest BCUT2D eigenvalue weighted by molar-refractivity contribution is -0.307. The molecule has 0 fully saturated rings. The van der Waals surface area contributed by atoms with E-state index >= 15 is 0 Å². The van der Waals surface area contributed by atoms with Crippen LogP contribution in [0, 0.1) is 0 Å². The van der Waals surface area contributed by atoms with Gasteiger partial charge in [0.05, 0.1) is 5.97 Å². The van der Waals surface area contributed by atoms with Gasteiger partial charge in [0.15, 0.2) is 11.9 Å². The van der Waals surface area contributed by atoms with Crippen molar-refractivity contribution in [3.8, 4) is 22.9 Å². The fraction of sp³-hybridized carbons (Fsp3) is 0.200. The van der Waals surface area contributed by atoms with Crippen LogP contribution in [0.1, 0.15) is 18.7 Å². The van der Waals surface area contributed by atoms with Crippen LogP contribution in [0.2, 0.25) is 0 Å². The molecule has 148 valence electrons. The Labute approximate surface area is 171 Å². The first-order valence-electron chi connectivity index (χ1n) is 8.96. The molecule has 0 saturated carbocycles. The summed E-state index contributed by atoms with van der Waals surface area (Å²) >= 11 is 1.49. The minimum Gasteiger partial charge on any atom is -0.546 e. The maximum absolute atomic E-state index is 10.5. The molecule has 0 aliphatic carbocycles. The fourth-order valence-electron chi connectivity index (χ4n) is 2.87. The zero-order chi connectivity index (χ0) is 20.2. The highest BCUT2D eigenvalue weighted by atomic mass is 32.2. The first-order chi connectivity index (χ1) is 14.1. The van der Waals surface area contributed by atoms with Crippen LogP contribution in [0.5, 0.6) is 11.6 Å². The number of fused-ring (bicyclic) bond motifs is 3. The molecule has 1 aliphatic heterocycles. The van der Waals surface area contributed by atoms with E-state index in [0.29, 0.717) is 22.5 Å². The van der Waals surface area contributed by atoms with Gasteiger partial charge in [0.25, 0.3) is 0 Å². The number of nitrogens with one attached hydrogen (secondary N) is 1. The molecule has 8 nitrogen and oxygen atoms in total. The molecule has 1 N–H and O–H groups in total. The second-order valence-electron chi connectivity index (χ2n) is 6.10. The number of carbonyl (C=O) groups excluding carboxylic acids is 1. The number of carboxylic acid groups (broad SMARTS) is 1. The standard InChI is InChI=1S/C20H18N4O4S/c1-2-29-20-22-19-17(23-24-20)14-5-3-4-6-15(14)21-18(28-19)12-7-9-13(10-8-12)27-11-16(25)26/h3-10,18,21H,2,11H2,1H3,(H,25,26)/p-1. The predicted molar refractivity (Wildman–Crippen MR) is 106 cm³/mol. The monoisotopic (exact) mass is 409 g/mol. The highest BCUT2D eigenvalue weighted by Crippen LogP contribution is 2.39. The normalized spacial score (nSPS) is 14.6. The molecule has 4 rings (SSSR count).